The molecular weight excluding hydrogens is 340 g/mol. The summed E-state index contributed by atoms with van der Waals surface area (Å²) in [5.41, 5.74) is 3.16. The van der Waals surface area contributed by atoms with E-state index >= 15 is 0 Å². The first-order valence-electron chi connectivity index (χ1n) is 8.55. The van der Waals surface area contributed by atoms with Crippen molar-refractivity contribution in [2.24, 2.45) is 0 Å². The van der Waals surface area contributed by atoms with Gasteiger partial charge in [-0.2, -0.15) is 0 Å². The molecule has 0 saturated heterocycles. The lowest BCUT2D eigenvalue weighted by atomic mass is 10.0. The summed E-state index contributed by atoms with van der Waals surface area (Å²) in [6.07, 6.45) is 0. The quantitative estimate of drug-likeness (QED) is 0.492. The van der Waals surface area contributed by atoms with Crippen LogP contribution in [-0.2, 0) is 11.3 Å². The highest BCUT2D eigenvalue weighted by atomic mass is 16.5. The second kappa shape index (κ2) is 7.30. The molecule has 1 heterocycles. The maximum atomic E-state index is 12.2. The van der Waals surface area contributed by atoms with Crippen LogP contribution in [0.2, 0.25) is 0 Å². The summed E-state index contributed by atoms with van der Waals surface area (Å²) in [5.74, 6) is -0.760. The number of esters is 1. The number of benzene rings is 3. The Morgan fingerprint density at radius 2 is 1.48 bits per heavy atom. The Hall–Kier alpha value is -3.66. The Bertz CT molecular complexity index is 1140. The van der Waals surface area contributed by atoms with Gasteiger partial charge in [0.1, 0.15) is 12.2 Å². The first-order valence-corrected chi connectivity index (χ1v) is 8.55. The van der Waals surface area contributed by atoms with E-state index in [0.29, 0.717) is 11.0 Å². The number of fused-ring (bicyclic) bond motifs is 1. The van der Waals surface area contributed by atoms with E-state index in [1.165, 1.54) is 6.07 Å². The number of hydrogen-bond acceptors (Lipinski definition) is 4. The van der Waals surface area contributed by atoms with Crippen LogP contribution in [0.3, 0.4) is 0 Å². The van der Waals surface area contributed by atoms with Crippen LogP contribution in [0.5, 0.6) is 0 Å². The van der Waals surface area contributed by atoms with Crippen molar-refractivity contribution in [1.29, 1.82) is 0 Å². The minimum atomic E-state index is -0.662. The lowest BCUT2D eigenvalue weighted by Crippen LogP contribution is -2.10. The average molecular weight is 356 g/mol. The standard InChI is InChI=1S/C23H16O4/c24-20-14-22(27-21-9-5-4-8-19(20)21)23(25)26-15-16-10-12-18(13-11-16)17-6-2-1-3-7-17/h1-14H,15H2. The zero-order chi connectivity index (χ0) is 18.6. The average Bonchev–Trinajstić information content (AvgIpc) is 2.73. The lowest BCUT2D eigenvalue weighted by Gasteiger charge is -2.07. The molecule has 1 aromatic heterocycles. The first-order chi connectivity index (χ1) is 13.2. The fourth-order valence-electron chi connectivity index (χ4n) is 2.85. The third-order valence-electron chi connectivity index (χ3n) is 4.27. The number of rotatable bonds is 4. The fourth-order valence-corrected chi connectivity index (χ4v) is 2.85. The van der Waals surface area contributed by atoms with Gasteiger partial charge in [0.15, 0.2) is 5.43 Å². The van der Waals surface area contributed by atoms with E-state index in [1.807, 2.05) is 54.6 Å². The molecule has 0 aliphatic heterocycles. The summed E-state index contributed by atoms with van der Waals surface area (Å²) in [4.78, 5) is 24.3. The smallest absolute Gasteiger partial charge is 0.374 e. The van der Waals surface area contributed by atoms with E-state index < -0.39 is 5.97 Å². The summed E-state index contributed by atoms with van der Waals surface area (Å²) >= 11 is 0. The fraction of sp³-hybridized carbons (Fsp3) is 0.0435. The van der Waals surface area contributed by atoms with Crippen molar-refractivity contribution in [2.75, 3.05) is 0 Å². The van der Waals surface area contributed by atoms with Gasteiger partial charge in [0.25, 0.3) is 0 Å². The molecule has 0 radical (unpaired) electrons. The third kappa shape index (κ3) is 3.65. The number of hydrogen-bond donors (Lipinski definition) is 0. The highest BCUT2D eigenvalue weighted by Gasteiger charge is 2.13. The molecule has 0 fully saturated rings. The zero-order valence-corrected chi connectivity index (χ0v) is 14.4. The predicted molar refractivity (Wildman–Crippen MR) is 103 cm³/mol. The minimum absolute atomic E-state index is 0.0976. The summed E-state index contributed by atoms with van der Waals surface area (Å²) in [6.45, 7) is 0.102. The van der Waals surface area contributed by atoms with E-state index in [4.69, 9.17) is 9.15 Å². The van der Waals surface area contributed by atoms with Crippen LogP contribution in [0.1, 0.15) is 16.1 Å². The Balaban J connectivity index is 1.47. The molecule has 0 aliphatic rings. The molecule has 0 N–H and O–H groups in total. The molecule has 4 heteroatoms. The number of carbonyl (C=O) groups is 1. The Morgan fingerprint density at radius 1 is 0.815 bits per heavy atom. The van der Waals surface area contributed by atoms with Crippen LogP contribution < -0.4 is 5.43 Å². The van der Waals surface area contributed by atoms with Crippen molar-refractivity contribution in [3.63, 3.8) is 0 Å². The van der Waals surface area contributed by atoms with Crippen molar-refractivity contribution in [1.82, 2.24) is 0 Å². The van der Waals surface area contributed by atoms with Crippen molar-refractivity contribution in [3.05, 3.63) is 106 Å². The van der Waals surface area contributed by atoms with Crippen LogP contribution in [0.25, 0.3) is 22.1 Å². The normalized spacial score (nSPS) is 10.7. The summed E-state index contributed by atoms with van der Waals surface area (Å²) in [5, 5.41) is 0.436. The topological polar surface area (TPSA) is 56.5 Å². The van der Waals surface area contributed by atoms with Crippen molar-refractivity contribution in [3.8, 4) is 11.1 Å². The van der Waals surface area contributed by atoms with Crippen LogP contribution in [0.15, 0.2) is 94.1 Å². The van der Waals surface area contributed by atoms with Crippen LogP contribution in [0.4, 0.5) is 0 Å². The van der Waals surface area contributed by atoms with Crippen molar-refractivity contribution in [2.45, 2.75) is 6.61 Å². The molecule has 132 valence electrons. The van der Waals surface area contributed by atoms with Gasteiger partial charge in [-0.25, -0.2) is 4.79 Å². The number of ether oxygens (including phenoxy) is 1. The van der Waals surface area contributed by atoms with Gasteiger partial charge in [-0.15, -0.1) is 0 Å². The Kier molecular flexibility index (Phi) is 4.54. The van der Waals surface area contributed by atoms with E-state index in [1.54, 1.807) is 24.3 Å². The van der Waals surface area contributed by atoms with Gasteiger partial charge in [0.2, 0.25) is 5.76 Å². The molecule has 4 nitrogen and oxygen atoms in total. The molecule has 0 bridgehead atoms. The van der Waals surface area contributed by atoms with Crippen LogP contribution in [0, 0.1) is 0 Å². The van der Waals surface area contributed by atoms with Gasteiger partial charge in [-0.3, -0.25) is 4.79 Å². The predicted octanol–water partition coefficient (Wildman–Crippen LogP) is 4.82. The zero-order valence-electron chi connectivity index (χ0n) is 14.4. The van der Waals surface area contributed by atoms with Crippen molar-refractivity contribution < 1.29 is 13.9 Å². The van der Waals surface area contributed by atoms with Crippen LogP contribution in [-0.4, -0.2) is 5.97 Å². The van der Waals surface area contributed by atoms with Gasteiger partial charge in [-0.05, 0) is 28.8 Å². The van der Waals surface area contributed by atoms with E-state index in [-0.39, 0.29) is 17.8 Å². The van der Waals surface area contributed by atoms with Crippen molar-refractivity contribution >= 4 is 16.9 Å². The molecular formula is C23H16O4. The minimum Gasteiger partial charge on any atom is -0.455 e. The monoisotopic (exact) mass is 356 g/mol. The molecule has 4 aromatic rings. The number of para-hydroxylation sites is 1. The van der Waals surface area contributed by atoms with E-state index in [2.05, 4.69) is 0 Å². The Labute approximate surface area is 155 Å². The number of carbonyl (C=O) groups excluding carboxylic acids is 1. The molecule has 3 aromatic carbocycles. The molecule has 0 unspecified atom stereocenters. The van der Waals surface area contributed by atoms with E-state index in [0.717, 1.165) is 16.7 Å². The largest absolute Gasteiger partial charge is 0.455 e. The SMILES string of the molecule is O=C(OCc1ccc(-c2ccccc2)cc1)c1cc(=O)c2ccccc2o1. The van der Waals surface area contributed by atoms with Gasteiger partial charge in [-0.1, -0.05) is 66.7 Å². The molecule has 0 spiro atoms. The molecule has 0 aliphatic carbocycles. The summed E-state index contributed by atoms with van der Waals surface area (Å²) in [7, 11) is 0. The molecule has 4 rings (SSSR count). The molecule has 0 atom stereocenters. The van der Waals surface area contributed by atoms with Gasteiger partial charge in [0, 0.05) is 6.07 Å². The van der Waals surface area contributed by atoms with Gasteiger partial charge < -0.3 is 9.15 Å². The Morgan fingerprint density at radius 3 is 2.26 bits per heavy atom. The highest BCUT2D eigenvalue weighted by Crippen LogP contribution is 2.20. The lowest BCUT2D eigenvalue weighted by molar-refractivity contribution is 0.0436. The first kappa shape index (κ1) is 16.8. The highest BCUT2D eigenvalue weighted by molar-refractivity contribution is 5.88. The second-order valence-electron chi connectivity index (χ2n) is 6.11. The third-order valence-corrected chi connectivity index (χ3v) is 4.27. The van der Waals surface area contributed by atoms with Gasteiger partial charge in [0.05, 0.1) is 5.39 Å². The van der Waals surface area contributed by atoms with Gasteiger partial charge >= 0.3 is 5.97 Å². The molecule has 0 amide bonds. The maximum absolute atomic E-state index is 12.2. The molecule has 27 heavy (non-hydrogen) atoms. The second-order valence-corrected chi connectivity index (χ2v) is 6.11. The van der Waals surface area contributed by atoms with E-state index in [9.17, 15) is 9.59 Å². The summed E-state index contributed by atoms with van der Waals surface area (Å²) < 4.78 is 10.8. The maximum Gasteiger partial charge on any atom is 0.374 e. The molecule has 0 saturated carbocycles. The van der Waals surface area contributed by atoms with Crippen LogP contribution >= 0.6 is 0 Å². The summed E-state index contributed by atoms with van der Waals surface area (Å²) in [6, 6.07) is 25.8.